The lowest BCUT2D eigenvalue weighted by Gasteiger charge is -2.24. The van der Waals surface area contributed by atoms with E-state index in [2.05, 4.69) is 15.4 Å². The molecule has 0 saturated carbocycles. The number of carbonyl (C=O) groups excluding carboxylic acids is 1. The Morgan fingerprint density at radius 3 is 2.84 bits per heavy atom. The van der Waals surface area contributed by atoms with Crippen LogP contribution in [0.3, 0.4) is 0 Å². The molecule has 2 aromatic heterocycles. The summed E-state index contributed by atoms with van der Waals surface area (Å²) in [5.74, 6) is 0.763. The molecule has 4 rings (SSSR count). The maximum atomic E-state index is 12.5. The lowest BCUT2D eigenvalue weighted by molar-refractivity contribution is 0.0920. The molecule has 3 heterocycles. The third-order valence-corrected chi connectivity index (χ3v) is 4.30. The molecule has 0 saturated heterocycles. The van der Waals surface area contributed by atoms with Gasteiger partial charge in [-0.2, -0.15) is 9.78 Å². The number of hydrogen-bond donors (Lipinski definition) is 1. The second-order valence-electron chi connectivity index (χ2n) is 6.01. The van der Waals surface area contributed by atoms with Crippen molar-refractivity contribution in [1.29, 1.82) is 0 Å². The van der Waals surface area contributed by atoms with Gasteiger partial charge in [-0.3, -0.25) is 9.59 Å². The molecule has 3 aromatic rings. The van der Waals surface area contributed by atoms with Gasteiger partial charge >= 0.3 is 0 Å². The largest absolute Gasteiger partial charge is 0.346 e. The van der Waals surface area contributed by atoms with Crippen LogP contribution in [0.15, 0.2) is 59.7 Å². The second-order valence-corrected chi connectivity index (χ2v) is 6.01. The number of nitrogens with one attached hydrogen (secondary N) is 1. The zero-order valence-electron chi connectivity index (χ0n) is 13.5. The van der Waals surface area contributed by atoms with E-state index >= 15 is 0 Å². The summed E-state index contributed by atoms with van der Waals surface area (Å²) in [6, 6.07) is 11.9. The highest BCUT2D eigenvalue weighted by Gasteiger charge is 2.21. The van der Waals surface area contributed by atoms with E-state index in [1.54, 1.807) is 18.3 Å². The standard InChI is InChI=1S/C18H17N5O2/c24-17-9-7-15(21-23(17)14-4-2-1-3-5-14)18(25)20-13-6-8-16-19-10-11-22(16)12-13/h1-5,7,9-11,13H,6,8,12H2,(H,20,25)/t13-/m1/s1. The van der Waals surface area contributed by atoms with Crippen LogP contribution in [0.25, 0.3) is 5.69 Å². The van der Waals surface area contributed by atoms with Crippen LogP contribution >= 0.6 is 0 Å². The van der Waals surface area contributed by atoms with Gasteiger partial charge in [0.25, 0.3) is 11.5 Å². The lowest BCUT2D eigenvalue weighted by atomic mass is 10.1. The minimum Gasteiger partial charge on any atom is -0.346 e. The van der Waals surface area contributed by atoms with Crippen LogP contribution in [0.4, 0.5) is 0 Å². The summed E-state index contributed by atoms with van der Waals surface area (Å²) in [6.45, 7) is 0.694. The van der Waals surface area contributed by atoms with Gasteiger partial charge in [-0.15, -0.1) is 0 Å². The molecule has 1 N–H and O–H groups in total. The van der Waals surface area contributed by atoms with E-state index in [9.17, 15) is 9.59 Å². The molecule has 126 valence electrons. The van der Waals surface area contributed by atoms with Crippen LogP contribution < -0.4 is 10.9 Å². The molecule has 0 aliphatic carbocycles. The number of imidazole rings is 1. The molecule has 0 fully saturated rings. The Bertz CT molecular complexity index is 961. The zero-order chi connectivity index (χ0) is 17.2. The highest BCUT2D eigenvalue weighted by atomic mass is 16.2. The van der Waals surface area contributed by atoms with E-state index in [-0.39, 0.29) is 23.2 Å². The molecule has 0 radical (unpaired) electrons. The number of hydrogen-bond acceptors (Lipinski definition) is 4. The highest BCUT2D eigenvalue weighted by Crippen LogP contribution is 2.13. The van der Waals surface area contributed by atoms with Crippen molar-refractivity contribution in [1.82, 2.24) is 24.6 Å². The normalized spacial score (nSPS) is 16.2. The van der Waals surface area contributed by atoms with Gasteiger partial charge in [0.05, 0.1) is 5.69 Å². The SMILES string of the molecule is O=C(N[C@@H]1CCc2nccn2C1)c1ccc(=O)n(-c2ccccc2)n1. The van der Waals surface area contributed by atoms with Gasteiger partial charge in [0, 0.05) is 37.5 Å². The number of aryl methyl sites for hydroxylation is 1. The van der Waals surface area contributed by atoms with Crippen LogP contribution in [0.2, 0.25) is 0 Å². The number of aromatic nitrogens is 4. The summed E-state index contributed by atoms with van der Waals surface area (Å²) in [6.07, 6.45) is 5.36. The van der Waals surface area contributed by atoms with E-state index in [1.165, 1.54) is 16.8 Å². The van der Waals surface area contributed by atoms with E-state index in [4.69, 9.17) is 0 Å². The molecule has 1 aliphatic rings. The fourth-order valence-corrected chi connectivity index (χ4v) is 3.03. The first kappa shape index (κ1) is 15.3. The topological polar surface area (TPSA) is 81.8 Å². The van der Waals surface area contributed by atoms with Crippen LogP contribution in [0.1, 0.15) is 22.7 Å². The molecular weight excluding hydrogens is 318 g/mol. The summed E-state index contributed by atoms with van der Waals surface area (Å²) >= 11 is 0. The number of benzene rings is 1. The molecule has 1 amide bonds. The lowest BCUT2D eigenvalue weighted by Crippen LogP contribution is -2.41. The van der Waals surface area contributed by atoms with Crippen molar-refractivity contribution in [2.45, 2.75) is 25.4 Å². The molecule has 1 aliphatic heterocycles. The smallest absolute Gasteiger partial charge is 0.272 e. The Kier molecular flexibility index (Phi) is 3.89. The third kappa shape index (κ3) is 3.08. The van der Waals surface area contributed by atoms with Gasteiger partial charge in [0.1, 0.15) is 11.5 Å². The Morgan fingerprint density at radius 2 is 2.00 bits per heavy atom. The summed E-state index contributed by atoms with van der Waals surface area (Å²) in [5.41, 5.74) is 0.575. The Labute approximate surface area is 143 Å². The van der Waals surface area contributed by atoms with Gasteiger partial charge in [-0.25, -0.2) is 4.98 Å². The molecule has 0 bridgehead atoms. The first-order chi connectivity index (χ1) is 12.2. The van der Waals surface area contributed by atoms with Crippen molar-refractivity contribution in [2.75, 3.05) is 0 Å². The summed E-state index contributed by atoms with van der Waals surface area (Å²) in [4.78, 5) is 28.9. The maximum Gasteiger partial charge on any atom is 0.272 e. The molecule has 7 heteroatoms. The quantitative estimate of drug-likeness (QED) is 0.779. The fraction of sp³-hybridized carbons (Fsp3) is 0.222. The minimum atomic E-state index is -0.279. The second kappa shape index (κ2) is 6.35. The van der Waals surface area contributed by atoms with Gasteiger partial charge in [0.15, 0.2) is 0 Å². The number of amides is 1. The maximum absolute atomic E-state index is 12.5. The average molecular weight is 335 g/mol. The van der Waals surface area contributed by atoms with Crippen molar-refractivity contribution in [3.63, 3.8) is 0 Å². The van der Waals surface area contributed by atoms with Gasteiger partial charge in [-0.05, 0) is 24.6 Å². The summed E-state index contributed by atoms with van der Waals surface area (Å²) in [7, 11) is 0. The van der Waals surface area contributed by atoms with E-state index < -0.39 is 0 Å². The van der Waals surface area contributed by atoms with Crippen molar-refractivity contribution in [3.8, 4) is 5.69 Å². The predicted molar refractivity (Wildman–Crippen MR) is 91.6 cm³/mol. The fourth-order valence-electron chi connectivity index (χ4n) is 3.03. The molecular formula is C18H17N5O2. The molecule has 1 aromatic carbocycles. The molecule has 7 nitrogen and oxygen atoms in total. The van der Waals surface area contributed by atoms with Crippen LogP contribution in [0, 0.1) is 0 Å². The Hall–Kier alpha value is -3.22. The molecule has 0 unspecified atom stereocenters. The number of nitrogens with zero attached hydrogens (tertiary/aromatic N) is 4. The zero-order valence-corrected chi connectivity index (χ0v) is 13.5. The third-order valence-electron chi connectivity index (χ3n) is 4.30. The predicted octanol–water partition coefficient (Wildman–Crippen LogP) is 1.17. The van der Waals surface area contributed by atoms with E-state index in [0.717, 1.165) is 18.7 Å². The molecule has 1 atom stereocenters. The Morgan fingerprint density at radius 1 is 1.16 bits per heavy atom. The van der Waals surface area contributed by atoms with Gasteiger partial charge < -0.3 is 9.88 Å². The summed E-state index contributed by atoms with van der Waals surface area (Å²) in [5, 5.41) is 7.21. The van der Waals surface area contributed by atoms with E-state index in [1.807, 2.05) is 29.0 Å². The van der Waals surface area contributed by atoms with Crippen molar-refractivity contribution >= 4 is 5.91 Å². The van der Waals surface area contributed by atoms with Gasteiger partial charge in [0.2, 0.25) is 0 Å². The van der Waals surface area contributed by atoms with Crippen LogP contribution in [-0.2, 0) is 13.0 Å². The number of fused-ring (bicyclic) bond motifs is 1. The van der Waals surface area contributed by atoms with Crippen molar-refractivity contribution < 1.29 is 4.79 Å². The molecule has 0 spiro atoms. The first-order valence-electron chi connectivity index (χ1n) is 8.17. The van der Waals surface area contributed by atoms with Crippen LogP contribution in [0.5, 0.6) is 0 Å². The minimum absolute atomic E-state index is 0.0214. The van der Waals surface area contributed by atoms with Crippen molar-refractivity contribution in [3.05, 3.63) is 76.7 Å². The number of para-hydroxylation sites is 1. The van der Waals surface area contributed by atoms with Crippen LogP contribution in [-0.4, -0.2) is 31.3 Å². The van der Waals surface area contributed by atoms with Crippen molar-refractivity contribution in [2.24, 2.45) is 0 Å². The summed E-state index contributed by atoms with van der Waals surface area (Å²) < 4.78 is 3.29. The Balaban J connectivity index is 1.54. The average Bonchev–Trinajstić information content (AvgIpc) is 3.10. The van der Waals surface area contributed by atoms with Gasteiger partial charge in [-0.1, -0.05) is 18.2 Å². The molecule has 25 heavy (non-hydrogen) atoms. The number of rotatable bonds is 3. The van der Waals surface area contributed by atoms with E-state index in [0.29, 0.717) is 12.2 Å². The number of carbonyl (C=O) groups is 1. The highest BCUT2D eigenvalue weighted by molar-refractivity contribution is 5.92. The first-order valence-corrected chi connectivity index (χ1v) is 8.17. The monoisotopic (exact) mass is 335 g/mol.